The lowest BCUT2D eigenvalue weighted by atomic mass is 10.4. The van der Waals surface area contributed by atoms with Crippen molar-refractivity contribution >= 4 is 5.96 Å². The normalized spacial score (nSPS) is 15.5. The summed E-state index contributed by atoms with van der Waals surface area (Å²) >= 11 is 0. The van der Waals surface area contributed by atoms with Crippen molar-refractivity contribution in [3.63, 3.8) is 0 Å². The molecule has 1 aliphatic rings. The fraction of sp³-hybridized carbons (Fsp3) is 0.533. The number of rotatable bonds is 5. The number of H-pyrrole nitrogens is 1. The van der Waals surface area contributed by atoms with Gasteiger partial charge in [-0.15, -0.1) is 0 Å². The molecule has 118 valence electrons. The third-order valence-corrected chi connectivity index (χ3v) is 3.62. The molecule has 0 spiro atoms. The number of nitrogens with one attached hydrogen (secondary N) is 2. The van der Waals surface area contributed by atoms with Gasteiger partial charge in [0.1, 0.15) is 5.82 Å². The van der Waals surface area contributed by atoms with Crippen LogP contribution in [-0.2, 0) is 6.42 Å². The second-order valence-corrected chi connectivity index (χ2v) is 5.26. The van der Waals surface area contributed by atoms with Crippen LogP contribution in [0.5, 0.6) is 0 Å². The molecule has 0 bridgehead atoms. The highest BCUT2D eigenvalue weighted by Gasteiger charge is 2.15. The van der Waals surface area contributed by atoms with Gasteiger partial charge in [-0.05, 0) is 31.9 Å². The van der Waals surface area contributed by atoms with Crippen LogP contribution in [0.2, 0.25) is 0 Å². The number of aliphatic imine (C=N–C) groups is 1. The fourth-order valence-corrected chi connectivity index (χ4v) is 2.55. The topological polar surface area (TPSA) is 82.3 Å². The van der Waals surface area contributed by atoms with Gasteiger partial charge in [-0.25, -0.2) is 4.98 Å². The first-order valence-corrected chi connectivity index (χ1v) is 7.85. The summed E-state index contributed by atoms with van der Waals surface area (Å²) in [5.41, 5.74) is 0. The van der Waals surface area contributed by atoms with Gasteiger partial charge in [0.2, 0.25) is 5.82 Å². The first-order chi connectivity index (χ1) is 10.9. The van der Waals surface area contributed by atoms with E-state index in [9.17, 15) is 0 Å². The zero-order valence-electron chi connectivity index (χ0n) is 12.9. The Kier molecular flexibility index (Phi) is 4.72. The van der Waals surface area contributed by atoms with Gasteiger partial charge in [-0.3, -0.25) is 10.1 Å². The number of likely N-dealkylation sites (tertiary alicyclic amines) is 1. The van der Waals surface area contributed by atoms with Crippen molar-refractivity contribution in [1.82, 2.24) is 25.4 Å². The second-order valence-electron chi connectivity index (χ2n) is 5.26. The average molecular weight is 302 g/mol. The minimum Gasteiger partial charge on any atom is -0.461 e. The van der Waals surface area contributed by atoms with Crippen LogP contribution in [0.4, 0.5) is 0 Å². The van der Waals surface area contributed by atoms with E-state index in [0.29, 0.717) is 18.1 Å². The van der Waals surface area contributed by atoms with Gasteiger partial charge in [0.15, 0.2) is 11.7 Å². The second kappa shape index (κ2) is 7.11. The molecular weight excluding hydrogens is 280 g/mol. The van der Waals surface area contributed by atoms with Crippen molar-refractivity contribution in [3.8, 4) is 11.6 Å². The molecule has 0 amide bonds. The standard InChI is InChI=1S/C15H22N6O/c1-2-16-15(21-9-3-4-10-21)17-8-7-13-18-14(20-19-13)12-6-5-11-22-12/h5-6,11H,2-4,7-10H2,1H3,(H,16,17)(H,18,19,20). The molecule has 1 aliphatic heterocycles. The highest BCUT2D eigenvalue weighted by Crippen LogP contribution is 2.14. The Morgan fingerprint density at radius 1 is 1.45 bits per heavy atom. The third-order valence-electron chi connectivity index (χ3n) is 3.62. The summed E-state index contributed by atoms with van der Waals surface area (Å²) in [7, 11) is 0. The molecule has 3 heterocycles. The first kappa shape index (κ1) is 14.6. The van der Waals surface area contributed by atoms with E-state index in [1.54, 1.807) is 6.26 Å². The molecule has 1 saturated heterocycles. The van der Waals surface area contributed by atoms with E-state index in [1.165, 1.54) is 12.8 Å². The lowest BCUT2D eigenvalue weighted by Gasteiger charge is -2.20. The highest BCUT2D eigenvalue weighted by molar-refractivity contribution is 5.80. The Labute approximate surface area is 129 Å². The van der Waals surface area contributed by atoms with Crippen LogP contribution in [0.25, 0.3) is 11.6 Å². The van der Waals surface area contributed by atoms with Crippen LogP contribution >= 0.6 is 0 Å². The van der Waals surface area contributed by atoms with E-state index < -0.39 is 0 Å². The average Bonchev–Trinajstić information content (AvgIpc) is 3.27. The minimum atomic E-state index is 0.593. The number of guanidine groups is 1. The van der Waals surface area contributed by atoms with Crippen LogP contribution in [0.1, 0.15) is 25.6 Å². The molecule has 7 nitrogen and oxygen atoms in total. The molecule has 0 aliphatic carbocycles. The van der Waals surface area contributed by atoms with E-state index in [-0.39, 0.29) is 0 Å². The van der Waals surface area contributed by atoms with Crippen molar-refractivity contribution in [2.24, 2.45) is 4.99 Å². The summed E-state index contributed by atoms with van der Waals surface area (Å²) in [5.74, 6) is 3.10. The smallest absolute Gasteiger partial charge is 0.216 e. The zero-order chi connectivity index (χ0) is 15.2. The summed E-state index contributed by atoms with van der Waals surface area (Å²) < 4.78 is 5.29. The number of furan rings is 1. The van der Waals surface area contributed by atoms with Crippen molar-refractivity contribution in [1.29, 1.82) is 0 Å². The van der Waals surface area contributed by atoms with Gasteiger partial charge in [-0.2, -0.15) is 5.10 Å². The number of nitrogens with zero attached hydrogens (tertiary/aromatic N) is 4. The SMILES string of the molecule is CCNC(=NCCc1nc(-c2ccco2)n[nH]1)N1CCCC1. The van der Waals surface area contributed by atoms with Crippen molar-refractivity contribution < 1.29 is 4.42 Å². The van der Waals surface area contributed by atoms with Gasteiger partial charge in [0.25, 0.3) is 0 Å². The maximum atomic E-state index is 5.29. The van der Waals surface area contributed by atoms with Crippen LogP contribution in [0, 0.1) is 0 Å². The molecule has 7 heteroatoms. The molecule has 1 fully saturated rings. The Morgan fingerprint density at radius 2 is 2.32 bits per heavy atom. The van der Waals surface area contributed by atoms with E-state index in [1.807, 2.05) is 12.1 Å². The molecule has 22 heavy (non-hydrogen) atoms. The summed E-state index contributed by atoms with van der Waals surface area (Å²) in [5, 5.41) is 10.5. The fourth-order valence-electron chi connectivity index (χ4n) is 2.55. The molecular formula is C15H22N6O. The third kappa shape index (κ3) is 3.47. The Bertz CT molecular complexity index is 597. The quantitative estimate of drug-likeness (QED) is 0.648. The van der Waals surface area contributed by atoms with Crippen molar-refractivity contribution in [2.75, 3.05) is 26.2 Å². The number of aromatic amines is 1. The molecule has 2 aromatic heterocycles. The molecule has 0 radical (unpaired) electrons. The Morgan fingerprint density at radius 3 is 3.05 bits per heavy atom. The van der Waals surface area contributed by atoms with Crippen LogP contribution < -0.4 is 5.32 Å². The molecule has 0 atom stereocenters. The predicted molar refractivity (Wildman–Crippen MR) is 84.6 cm³/mol. The molecule has 3 rings (SSSR count). The van der Waals surface area contributed by atoms with E-state index in [2.05, 4.69) is 37.3 Å². The van der Waals surface area contributed by atoms with Crippen LogP contribution in [0.3, 0.4) is 0 Å². The predicted octanol–water partition coefficient (Wildman–Crippen LogP) is 1.67. The van der Waals surface area contributed by atoms with Crippen LogP contribution in [-0.4, -0.2) is 52.2 Å². The molecule has 2 N–H and O–H groups in total. The van der Waals surface area contributed by atoms with E-state index in [4.69, 9.17) is 4.42 Å². The minimum absolute atomic E-state index is 0.593. The Balaban J connectivity index is 1.58. The van der Waals surface area contributed by atoms with Gasteiger partial charge < -0.3 is 14.6 Å². The monoisotopic (exact) mass is 302 g/mol. The molecule has 2 aromatic rings. The van der Waals surface area contributed by atoms with Crippen LogP contribution in [0.15, 0.2) is 27.8 Å². The van der Waals surface area contributed by atoms with E-state index in [0.717, 1.165) is 37.8 Å². The highest BCUT2D eigenvalue weighted by atomic mass is 16.3. The maximum absolute atomic E-state index is 5.29. The Hall–Kier alpha value is -2.31. The summed E-state index contributed by atoms with van der Waals surface area (Å²) in [4.78, 5) is 11.4. The molecule has 0 saturated carbocycles. The van der Waals surface area contributed by atoms with Gasteiger partial charge in [-0.1, -0.05) is 0 Å². The summed E-state index contributed by atoms with van der Waals surface area (Å²) in [6, 6.07) is 3.68. The number of hydrogen-bond donors (Lipinski definition) is 2. The lowest BCUT2D eigenvalue weighted by Crippen LogP contribution is -2.39. The molecule has 0 aromatic carbocycles. The summed E-state index contributed by atoms with van der Waals surface area (Å²) in [6.45, 7) is 5.86. The van der Waals surface area contributed by atoms with Gasteiger partial charge >= 0.3 is 0 Å². The van der Waals surface area contributed by atoms with Gasteiger partial charge in [0, 0.05) is 32.6 Å². The van der Waals surface area contributed by atoms with Crippen molar-refractivity contribution in [3.05, 3.63) is 24.2 Å². The number of aromatic nitrogens is 3. The zero-order valence-corrected chi connectivity index (χ0v) is 12.9. The first-order valence-electron chi connectivity index (χ1n) is 7.85. The lowest BCUT2D eigenvalue weighted by molar-refractivity contribution is 0.494. The van der Waals surface area contributed by atoms with Gasteiger partial charge in [0.05, 0.1) is 6.26 Å². The summed E-state index contributed by atoms with van der Waals surface area (Å²) in [6.07, 6.45) is 4.85. The number of hydrogen-bond acceptors (Lipinski definition) is 4. The maximum Gasteiger partial charge on any atom is 0.216 e. The largest absolute Gasteiger partial charge is 0.461 e. The van der Waals surface area contributed by atoms with Crippen molar-refractivity contribution in [2.45, 2.75) is 26.2 Å². The van der Waals surface area contributed by atoms with E-state index >= 15 is 0 Å². The molecule has 0 unspecified atom stereocenters.